The van der Waals surface area contributed by atoms with E-state index in [4.69, 9.17) is 4.52 Å². The second kappa shape index (κ2) is 4.74. The molecule has 3 rings (SSSR count). The summed E-state index contributed by atoms with van der Waals surface area (Å²) in [6.45, 7) is 2.11. The van der Waals surface area contributed by atoms with Gasteiger partial charge in [-0.05, 0) is 37.5 Å². The van der Waals surface area contributed by atoms with Crippen molar-refractivity contribution >= 4 is 0 Å². The van der Waals surface area contributed by atoms with E-state index in [1.807, 2.05) is 0 Å². The lowest BCUT2D eigenvalue weighted by atomic mass is 10.1. The maximum atomic E-state index is 13.8. The Hall–Kier alpha value is -1.75. The zero-order valence-electron chi connectivity index (χ0n) is 10.5. The average molecular weight is 264 g/mol. The molecule has 0 amide bonds. The highest BCUT2D eigenvalue weighted by Crippen LogP contribution is 2.26. The highest BCUT2D eigenvalue weighted by Gasteiger charge is 2.21. The van der Waals surface area contributed by atoms with Gasteiger partial charge in [0.1, 0.15) is 11.6 Å². The summed E-state index contributed by atoms with van der Waals surface area (Å²) in [6, 6.07) is 4.51. The number of aryl methyl sites for hydroxylation is 1. The molecule has 1 saturated carbocycles. The van der Waals surface area contributed by atoms with Gasteiger partial charge < -0.3 is 9.84 Å². The Morgan fingerprint density at radius 2 is 2.05 bits per heavy atom. The normalized spacial score (nSPS) is 14.9. The summed E-state index contributed by atoms with van der Waals surface area (Å²) < 4.78 is 32.3. The van der Waals surface area contributed by atoms with Gasteiger partial charge in [-0.1, -0.05) is 5.16 Å². The first-order valence-corrected chi connectivity index (χ1v) is 6.28. The summed E-state index contributed by atoms with van der Waals surface area (Å²) in [5, 5.41) is 7.14. The zero-order chi connectivity index (χ0) is 13.4. The minimum absolute atomic E-state index is 0.105. The summed E-state index contributed by atoms with van der Waals surface area (Å²) in [5.41, 5.74) is 1.08. The minimum atomic E-state index is -0.503. The summed E-state index contributed by atoms with van der Waals surface area (Å²) >= 11 is 0. The van der Waals surface area contributed by atoms with Crippen LogP contribution in [0.25, 0.3) is 11.3 Å². The molecule has 3 nitrogen and oxygen atoms in total. The summed E-state index contributed by atoms with van der Waals surface area (Å²) in [7, 11) is 0. The fraction of sp³-hybridized carbons (Fsp3) is 0.357. The Kier molecular flexibility index (Phi) is 3.06. The average Bonchev–Trinajstić information content (AvgIpc) is 3.09. The van der Waals surface area contributed by atoms with Gasteiger partial charge in [-0.25, -0.2) is 8.78 Å². The van der Waals surface area contributed by atoms with Crippen LogP contribution in [0.1, 0.15) is 24.1 Å². The molecule has 0 spiro atoms. The maximum Gasteiger partial charge on any atom is 0.170 e. The van der Waals surface area contributed by atoms with Gasteiger partial charge in [0.05, 0.1) is 11.3 Å². The second-order valence-corrected chi connectivity index (χ2v) is 4.92. The molecule has 5 heteroatoms. The van der Waals surface area contributed by atoms with Crippen molar-refractivity contribution in [2.75, 3.05) is 0 Å². The third-order valence-electron chi connectivity index (χ3n) is 3.22. The van der Waals surface area contributed by atoms with Crippen molar-refractivity contribution in [3.8, 4) is 11.3 Å². The van der Waals surface area contributed by atoms with Crippen LogP contribution in [0.3, 0.4) is 0 Å². The molecule has 0 saturated heterocycles. The van der Waals surface area contributed by atoms with Gasteiger partial charge in [0.2, 0.25) is 0 Å². The lowest BCUT2D eigenvalue weighted by molar-refractivity contribution is 0.417. The van der Waals surface area contributed by atoms with E-state index in [0.29, 0.717) is 18.3 Å². The number of hydrogen-bond donors (Lipinski definition) is 1. The Labute approximate surface area is 109 Å². The number of hydrogen-bond acceptors (Lipinski definition) is 3. The first-order chi connectivity index (χ1) is 9.13. The van der Waals surface area contributed by atoms with Crippen molar-refractivity contribution in [2.45, 2.75) is 32.4 Å². The van der Waals surface area contributed by atoms with Crippen LogP contribution < -0.4 is 5.32 Å². The lowest BCUT2D eigenvalue weighted by Gasteiger charge is -2.01. The van der Waals surface area contributed by atoms with E-state index < -0.39 is 11.6 Å². The molecule has 1 aromatic carbocycles. The lowest BCUT2D eigenvalue weighted by Crippen LogP contribution is -2.15. The molecule has 1 aliphatic carbocycles. The smallest absolute Gasteiger partial charge is 0.170 e. The van der Waals surface area contributed by atoms with Crippen LogP contribution in [0.4, 0.5) is 8.78 Å². The predicted octanol–water partition coefficient (Wildman–Crippen LogP) is 3.18. The first-order valence-electron chi connectivity index (χ1n) is 6.28. The Morgan fingerprint density at radius 1 is 1.26 bits per heavy atom. The number of nitrogens with zero attached hydrogens (tertiary/aromatic N) is 1. The van der Waals surface area contributed by atoms with Crippen LogP contribution in [0.2, 0.25) is 0 Å². The third-order valence-corrected chi connectivity index (χ3v) is 3.22. The quantitative estimate of drug-likeness (QED) is 0.921. The zero-order valence-corrected chi connectivity index (χ0v) is 10.5. The standard InChI is InChI=1S/C14H14F2N2O/c1-8-4-13(16)11(6-12(8)15)14-5-10(18-19-14)7-17-9-2-3-9/h4-6,9,17H,2-3,7H2,1H3. The third kappa shape index (κ3) is 2.66. The van der Waals surface area contributed by atoms with Gasteiger partial charge in [0, 0.05) is 18.7 Å². The Bertz CT molecular complexity index is 605. The minimum Gasteiger partial charge on any atom is -0.356 e. The van der Waals surface area contributed by atoms with Crippen molar-refractivity contribution in [1.82, 2.24) is 10.5 Å². The fourth-order valence-electron chi connectivity index (χ4n) is 1.89. The van der Waals surface area contributed by atoms with Crippen molar-refractivity contribution in [3.63, 3.8) is 0 Å². The van der Waals surface area contributed by atoms with Crippen LogP contribution in [0.5, 0.6) is 0 Å². The van der Waals surface area contributed by atoms with E-state index >= 15 is 0 Å². The fourth-order valence-corrected chi connectivity index (χ4v) is 1.89. The van der Waals surface area contributed by atoms with Gasteiger partial charge in [-0.3, -0.25) is 0 Å². The SMILES string of the molecule is Cc1cc(F)c(-c2cc(CNC3CC3)no2)cc1F. The van der Waals surface area contributed by atoms with E-state index in [0.717, 1.165) is 12.1 Å². The van der Waals surface area contributed by atoms with Gasteiger partial charge in [-0.15, -0.1) is 0 Å². The number of nitrogens with one attached hydrogen (secondary N) is 1. The molecular formula is C14H14F2N2O. The van der Waals surface area contributed by atoms with Crippen LogP contribution in [-0.2, 0) is 6.54 Å². The largest absolute Gasteiger partial charge is 0.356 e. The molecule has 100 valence electrons. The highest BCUT2D eigenvalue weighted by atomic mass is 19.1. The molecule has 0 bridgehead atoms. The summed E-state index contributed by atoms with van der Waals surface area (Å²) in [6.07, 6.45) is 2.37. The summed E-state index contributed by atoms with van der Waals surface area (Å²) in [4.78, 5) is 0. The predicted molar refractivity (Wildman–Crippen MR) is 66.5 cm³/mol. The van der Waals surface area contributed by atoms with Crippen LogP contribution in [0.15, 0.2) is 22.7 Å². The monoisotopic (exact) mass is 264 g/mol. The van der Waals surface area contributed by atoms with Crippen LogP contribution in [0, 0.1) is 18.6 Å². The topological polar surface area (TPSA) is 38.1 Å². The molecule has 1 heterocycles. The van der Waals surface area contributed by atoms with Gasteiger partial charge in [0.25, 0.3) is 0 Å². The van der Waals surface area contributed by atoms with E-state index in [9.17, 15) is 8.78 Å². The molecule has 1 fully saturated rings. The molecular weight excluding hydrogens is 250 g/mol. The molecule has 2 aromatic rings. The molecule has 1 aliphatic rings. The van der Waals surface area contributed by atoms with Crippen LogP contribution >= 0.6 is 0 Å². The number of benzene rings is 1. The molecule has 0 unspecified atom stereocenters. The Morgan fingerprint density at radius 3 is 2.79 bits per heavy atom. The second-order valence-electron chi connectivity index (χ2n) is 4.92. The van der Waals surface area contributed by atoms with E-state index in [1.54, 1.807) is 6.07 Å². The van der Waals surface area contributed by atoms with Crippen molar-refractivity contribution in [3.05, 3.63) is 41.1 Å². The Balaban J connectivity index is 1.83. The van der Waals surface area contributed by atoms with E-state index in [-0.39, 0.29) is 16.9 Å². The van der Waals surface area contributed by atoms with Crippen molar-refractivity contribution < 1.29 is 13.3 Å². The van der Waals surface area contributed by atoms with Gasteiger partial charge in [-0.2, -0.15) is 0 Å². The first kappa shape index (κ1) is 12.3. The van der Waals surface area contributed by atoms with Crippen molar-refractivity contribution in [1.29, 1.82) is 0 Å². The van der Waals surface area contributed by atoms with Crippen molar-refractivity contribution in [2.24, 2.45) is 0 Å². The van der Waals surface area contributed by atoms with E-state index in [2.05, 4.69) is 10.5 Å². The maximum absolute atomic E-state index is 13.8. The number of aromatic nitrogens is 1. The molecule has 19 heavy (non-hydrogen) atoms. The van der Waals surface area contributed by atoms with Gasteiger partial charge in [0.15, 0.2) is 5.76 Å². The van der Waals surface area contributed by atoms with E-state index in [1.165, 1.54) is 19.8 Å². The van der Waals surface area contributed by atoms with Gasteiger partial charge >= 0.3 is 0 Å². The highest BCUT2D eigenvalue weighted by molar-refractivity contribution is 5.59. The number of rotatable bonds is 4. The number of halogens is 2. The molecule has 1 N–H and O–H groups in total. The summed E-state index contributed by atoms with van der Waals surface area (Å²) in [5.74, 6) is -0.703. The molecule has 1 aromatic heterocycles. The molecule has 0 atom stereocenters. The van der Waals surface area contributed by atoms with Crippen LogP contribution in [-0.4, -0.2) is 11.2 Å². The molecule has 0 radical (unpaired) electrons. The molecule has 0 aliphatic heterocycles.